The van der Waals surface area contributed by atoms with Crippen molar-refractivity contribution < 1.29 is 14.0 Å². The van der Waals surface area contributed by atoms with Crippen molar-refractivity contribution in [2.45, 2.75) is 18.2 Å². The molecule has 0 unspecified atom stereocenters. The summed E-state index contributed by atoms with van der Waals surface area (Å²) in [6.07, 6.45) is 0.304. The van der Waals surface area contributed by atoms with Crippen molar-refractivity contribution in [3.05, 3.63) is 76.1 Å². The average molecular weight is 339 g/mol. The number of Topliss-reactive ketones (excluding diaryl/α,β-unsaturated/α-hetero) is 2. The Balaban J connectivity index is 2.00. The van der Waals surface area contributed by atoms with Crippen LogP contribution in [0.5, 0.6) is 0 Å². The Kier molecular flexibility index (Phi) is 4.44. The van der Waals surface area contributed by atoms with Crippen LogP contribution in [-0.4, -0.2) is 17.1 Å². The number of ketones is 2. The summed E-state index contributed by atoms with van der Waals surface area (Å²) in [6, 6.07) is 11.2. The van der Waals surface area contributed by atoms with Gasteiger partial charge < -0.3 is 5.41 Å². The second kappa shape index (κ2) is 6.53. The maximum absolute atomic E-state index is 13.5. The summed E-state index contributed by atoms with van der Waals surface area (Å²) in [5.74, 6) is -1.06. The zero-order valence-corrected chi connectivity index (χ0v) is 13.7. The minimum Gasteiger partial charge on any atom is -0.302 e. The number of hydrogen-bond donors (Lipinski definition) is 1. The number of carbonyl (C=O) groups is 2. The number of carbonyl (C=O) groups excluding carboxylic acids is 2. The molecule has 120 valence electrons. The summed E-state index contributed by atoms with van der Waals surface area (Å²) < 4.78 is 13.5. The van der Waals surface area contributed by atoms with Gasteiger partial charge in [0.2, 0.25) is 0 Å². The van der Waals surface area contributed by atoms with Crippen LogP contribution in [0.4, 0.5) is 4.39 Å². The largest absolute Gasteiger partial charge is 0.302 e. The number of thioether (sulfide) groups is 1. The van der Waals surface area contributed by atoms with E-state index in [0.717, 1.165) is 16.5 Å². The Morgan fingerprint density at radius 2 is 1.88 bits per heavy atom. The van der Waals surface area contributed by atoms with Crippen molar-refractivity contribution in [2.75, 3.05) is 0 Å². The Hall–Kier alpha value is -2.53. The number of benzene rings is 2. The molecule has 1 N–H and O–H groups in total. The highest BCUT2D eigenvalue weighted by atomic mass is 32.2. The Morgan fingerprint density at radius 1 is 1.08 bits per heavy atom. The van der Waals surface area contributed by atoms with Crippen molar-refractivity contribution >= 4 is 28.9 Å². The van der Waals surface area contributed by atoms with Gasteiger partial charge in [0.15, 0.2) is 11.6 Å². The van der Waals surface area contributed by atoms with Crippen LogP contribution in [-0.2, 0) is 6.42 Å². The minimum absolute atomic E-state index is 0.130. The molecule has 0 atom stereocenters. The third kappa shape index (κ3) is 2.95. The highest BCUT2D eigenvalue weighted by Gasteiger charge is 2.30. The number of rotatable bonds is 4. The molecule has 3 rings (SSSR count). The van der Waals surface area contributed by atoms with Gasteiger partial charge in [-0.2, -0.15) is 0 Å². The second-order valence-electron chi connectivity index (χ2n) is 5.51. The fraction of sp³-hybridized carbons (Fsp3) is 0.105. The first-order valence-corrected chi connectivity index (χ1v) is 8.22. The van der Waals surface area contributed by atoms with Gasteiger partial charge in [-0.3, -0.25) is 9.59 Å². The number of allylic oxidation sites excluding steroid dienone is 2. The Labute approximate surface area is 143 Å². The minimum atomic E-state index is -0.529. The van der Waals surface area contributed by atoms with E-state index < -0.39 is 5.82 Å². The first kappa shape index (κ1) is 16.3. The van der Waals surface area contributed by atoms with Crippen LogP contribution in [0, 0.1) is 11.2 Å². The topological polar surface area (TPSA) is 58.0 Å². The zero-order chi connectivity index (χ0) is 17.3. The summed E-state index contributed by atoms with van der Waals surface area (Å²) >= 11 is 1.27. The van der Waals surface area contributed by atoms with E-state index in [0.29, 0.717) is 17.6 Å². The third-order valence-corrected chi connectivity index (χ3v) is 4.66. The van der Waals surface area contributed by atoms with E-state index in [9.17, 15) is 14.0 Å². The van der Waals surface area contributed by atoms with Gasteiger partial charge in [-0.25, -0.2) is 4.39 Å². The number of hydrogen-bond acceptors (Lipinski definition) is 4. The molecule has 0 saturated heterocycles. The van der Waals surface area contributed by atoms with Crippen molar-refractivity contribution in [1.82, 2.24) is 0 Å². The van der Waals surface area contributed by atoms with Gasteiger partial charge in [0, 0.05) is 33.6 Å². The number of nitrogens with one attached hydrogen (secondary N) is 1. The van der Waals surface area contributed by atoms with Gasteiger partial charge >= 0.3 is 0 Å². The Bertz CT molecular complexity index is 902. The van der Waals surface area contributed by atoms with E-state index in [1.165, 1.54) is 29.4 Å². The smallest absolute Gasteiger partial charge is 0.190 e. The molecule has 0 radical (unpaired) electrons. The molecule has 0 heterocycles. The van der Waals surface area contributed by atoms with E-state index in [4.69, 9.17) is 5.41 Å². The van der Waals surface area contributed by atoms with Gasteiger partial charge in [0.05, 0.1) is 5.55 Å². The molecule has 3 nitrogen and oxygen atoms in total. The maximum atomic E-state index is 13.5. The van der Waals surface area contributed by atoms with E-state index >= 15 is 0 Å². The highest BCUT2D eigenvalue weighted by molar-refractivity contribution is 8.12. The number of halogens is 1. The van der Waals surface area contributed by atoms with E-state index in [1.807, 2.05) is 24.3 Å². The van der Waals surface area contributed by atoms with Crippen LogP contribution in [0.3, 0.4) is 0 Å². The van der Waals surface area contributed by atoms with Crippen molar-refractivity contribution in [3.8, 4) is 0 Å². The molecule has 0 saturated carbocycles. The SMILES string of the molecule is CC1=C(Cc2cccc(SC=N)c2)C(=O)c2cc(F)ccc2C1=O. The molecule has 1 aliphatic rings. The van der Waals surface area contributed by atoms with E-state index in [-0.39, 0.29) is 22.7 Å². The van der Waals surface area contributed by atoms with Crippen molar-refractivity contribution in [1.29, 1.82) is 5.41 Å². The molecule has 5 heteroatoms. The summed E-state index contributed by atoms with van der Waals surface area (Å²) in [5, 5.41) is 7.15. The maximum Gasteiger partial charge on any atom is 0.190 e. The predicted octanol–water partition coefficient (Wildman–Crippen LogP) is 4.46. The molecule has 0 aromatic heterocycles. The molecule has 0 spiro atoms. The van der Waals surface area contributed by atoms with E-state index in [1.54, 1.807) is 6.92 Å². The fourth-order valence-electron chi connectivity index (χ4n) is 2.79. The number of fused-ring (bicyclic) bond motifs is 1. The molecule has 0 amide bonds. The van der Waals surface area contributed by atoms with Crippen molar-refractivity contribution in [2.24, 2.45) is 0 Å². The molecule has 1 aliphatic carbocycles. The fourth-order valence-corrected chi connectivity index (χ4v) is 3.30. The highest BCUT2D eigenvalue weighted by Crippen LogP contribution is 2.29. The van der Waals surface area contributed by atoms with E-state index in [2.05, 4.69) is 0 Å². The molecule has 0 fully saturated rings. The lowest BCUT2D eigenvalue weighted by Gasteiger charge is -2.19. The molecule has 0 aliphatic heterocycles. The van der Waals surface area contributed by atoms with Crippen LogP contribution >= 0.6 is 11.8 Å². The lowest BCUT2D eigenvalue weighted by molar-refractivity contribution is 0.0972. The van der Waals surface area contributed by atoms with Crippen LogP contribution in [0.15, 0.2) is 58.5 Å². The van der Waals surface area contributed by atoms with Gasteiger partial charge in [-0.15, -0.1) is 0 Å². The van der Waals surface area contributed by atoms with Crippen LogP contribution in [0.2, 0.25) is 0 Å². The quantitative estimate of drug-likeness (QED) is 0.508. The molecule has 2 aromatic rings. The second-order valence-corrected chi connectivity index (χ2v) is 6.45. The van der Waals surface area contributed by atoms with Gasteiger partial charge in [-0.05, 0) is 42.8 Å². The molecule has 0 bridgehead atoms. The monoisotopic (exact) mass is 339 g/mol. The van der Waals surface area contributed by atoms with Gasteiger partial charge in [-0.1, -0.05) is 23.9 Å². The van der Waals surface area contributed by atoms with Gasteiger partial charge in [0.1, 0.15) is 5.82 Å². The van der Waals surface area contributed by atoms with Crippen LogP contribution < -0.4 is 0 Å². The standard InChI is InChI=1S/C19H14FNO2S/c1-11-16(8-12-3-2-4-14(7-12)24-10-21)19(23)17-9-13(20)5-6-15(17)18(11)22/h2-7,9-10,21H,8H2,1H3. The molecular weight excluding hydrogens is 325 g/mol. The predicted molar refractivity (Wildman–Crippen MR) is 92.5 cm³/mol. The van der Waals surface area contributed by atoms with Crippen molar-refractivity contribution in [3.63, 3.8) is 0 Å². The first-order chi connectivity index (χ1) is 11.5. The molecule has 24 heavy (non-hydrogen) atoms. The summed E-state index contributed by atoms with van der Waals surface area (Å²) in [5.41, 5.74) is 3.30. The summed E-state index contributed by atoms with van der Waals surface area (Å²) in [6.45, 7) is 1.64. The Morgan fingerprint density at radius 3 is 2.62 bits per heavy atom. The zero-order valence-electron chi connectivity index (χ0n) is 12.9. The normalized spacial score (nSPS) is 13.9. The average Bonchev–Trinajstić information content (AvgIpc) is 2.57. The first-order valence-electron chi connectivity index (χ1n) is 7.34. The summed E-state index contributed by atoms with van der Waals surface area (Å²) in [4.78, 5) is 26.1. The third-order valence-electron chi connectivity index (χ3n) is 4.01. The van der Waals surface area contributed by atoms with Crippen LogP contribution in [0.25, 0.3) is 0 Å². The lowest BCUT2D eigenvalue weighted by Crippen LogP contribution is -2.22. The lowest BCUT2D eigenvalue weighted by atomic mass is 9.82. The van der Waals surface area contributed by atoms with Gasteiger partial charge in [0.25, 0.3) is 0 Å². The summed E-state index contributed by atoms with van der Waals surface area (Å²) in [7, 11) is 0. The van der Waals surface area contributed by atoms with Crippen LogP contribution in [0.1, 0.15) is 33.2 Å². The molecule has 2 aromatic carbocycles. The molecular formula is C19H14FNO2S.